The Morgan fingerprint density at radius 3 is 2.46 bits per heavy atom. The summed E-state index contributed by atoms with van der Waals surface area (Å²) in [5.74, 6) is 1.57. The number of benzene rings is 1. The van der Waals surface area contributed by atoms with Crippen molar-refractivity contribution in [2.45, 2.75) is 53.5 Å². The number of anilines is 1. The number of pyridine rings is 1. The highest BCUT2D eigenvalue weighted by Gasteiger charge is 2.34. The van der Waals surface area contributed by atoms with Crippen molar-refractivity contribution in [3.63, 3.8) is 0 Å². The predicted octanol–water partition coefficient (Wildman–Crippen LogP) is 5.36. The zero-order valence-corrected chi connectivity index (χ0v) is 23.6. The van der Waals surface area contributed by atoms with Crippen LogP contribution in [0.3, 0.4) is 0 Å². The molecule has 0 spiro atoms. The van der Waals surface area contributed by atoms with E-state index >= 15 is 0 Å². The second-order valence-electron chi connectivity index (χ2n) is 10.2. The maximum atomic E-state index is 13.3. The number of hydrogen-bond donors (Lipinski definition) is 0. The van der Waals surface area contributed by atoms with Gasteiger partial charge in [0.15, 0.2) is 0 Å². The van der Waals surface area contributed by atoms with Crippen molar-refractivity contribution in [2.24, 2.45) is 11.8 Å². The molecule has 2 aromatic rings. The molecule has 4 rings (SSSR count). The Balaban J connectivity index is 1.71. The highest BCUT2D eigenvalue weighted by atomic mass is 32.2. The molecule has 0 N–H and O–H groups in total. The van der Waals surface area contributed by atoms with Gasteiger partial charge in [0, 0.05) is 31.7 Å². The molecule has 0 radical (unpaired) electrons. The normalized spacial score (nSPS) is 17.8. The molecule has 2 aliphatic rings. The Morgan fingerprint density at radius 2 is 1.86 bits per heavy atom. The number of piperidine rings is 1. The van der Waals surface area contributed by atoms with Gasteiger partial charge in [0.05, 0.1) is 4.91 Å². The van der Waals surface area contributed by atoms with Crippen LogP contribution in [0.2, 0.25) is 0 Å². The molecule has 194 valence electrons. The van der Waals surface area contributed by atoms with E-state index in [1.165, 1.54) is 17.3 Å². The van der Waals surface area contributed by atoms with Crippen LogP contribution in [0.1, 0.15) is 55.9 Å². The third-order valence-electron chi connectivity index (χ3n) is 7.14. The Bertz CT molecular complexity index is 1320. The molecule has 0 aliphatic carbocycles. The fourth-order valence-corrected chi connectivity index (χ4v) is 6.49. The summed E-state index contributed by atoms with van der Waals surface area (Å²) in [5.41, 5.74) is 2.60. The average Bonchev–Trinajstić information content (AvgIpc) is 3.14. The van der Waals surface area contributed by atoms with Crippen LogP contribution in [-0.4, -0.2) is 39.3 Å². The van der Waals surface area contributed by atoms with Gasteiger partial charge in [-0.25, -0.2) is 0 Å². The zero-order chi connectivity index (χ0) is 26.7. The molecule has 1 aromatic carbocycles. The van der Waals surface area contributed by atoms with E-state index in [0.717, 1.165) is 43.7 Å². The molecule has 37 heavy (non-hydrogen) atoms. The van der Waals surface area contributed by atoms with Gasteiger partial charge in [0.2, 0.25) is 0 Å². The van der Waals surface area contributed by atoms with E-state index in [4.69, 9.17) is 12.2 Å². The first-order valence-corrected chi connectivity index (χ1v) is 14.2. The third kappa shape index (κ3) is 5.68. The van der Waals surface area contributed by atoms with Crippen molar-refractivity contribution in [1.29, 1.82) is 5.26 Å². The van der Waals surface area contributed by atoms with Crippen LogP contribution in [0.4, 0.5) is 5.82 Å². The van der Waals surface area contributed by atoms with Gasteiger partial charge in [-0.1, -0.05) is 68.2 Å². The highest BCUT2D eigenvalue weighted by Crippen LogP contribution is 2.37. The summed E-state index contributed by atoms with van der Waals surface area (Å²) in [6, 6.07) is 12.7. The first-order valence-electron chi connectivity index (χ1n) is 13.0. The van der Waals surface area contributed by atoms with E-state index in [1.807, 2.05) is 26.0 Å². The molecular weight excluding hydrogens is 500 g/mol. The van der Waals surface area contributed by atoms with Gasteiger partial charge in [0.25, 0.3) is 11.5 Å². The predicted molar refractivity (Wildman–Crippen MR) is 156 cm³/mol. The number of nitriles is 1. The molecule has 0 saturated carbocycles. The van der Waals surface area contributed by atoms with Gasteiger partial charge < -0.3 is 4.90 Å². The summed E-state index contributed by atoms with van der Waals surface area (Å²) in [5, 5.41) is 9.82. The van der Waals surface area contributed by atoms with E-state index in [1.54, 1.807) is 9.47 Å². The fraction of sp³-hybridized carbons (Fsp3) is 0.448. The molecule has 1 aromatic heterocycles. The standard InChI is InChI=1S/C29H34N4O2S2/c1-5-32-26(31-13-11-22(12-14-31)15-21-9-7-6-8-10-21)23(20(4)24(17-30)27(32)34)16-25-28(35)33(18-19(2)3)29(36)37-25/h6-10,16,19,22H,5,11-15,18H2,1-4H3. The Labute approximate surface area is 229 Å². The lowest BCUT2D eigenvalue weighted by molar-refractivity contribution is -0.122. The second-order valence-corrected chi connectivity index (χ2v) is 11.9. The minimum Gasteiger partial charge on any atom is -0.357 e. The van der Waals surface area contributed by atoms with Crippen LogP contribution >= 0.6 is 24.0 Å². The number of nitrogens with zero attached hydrogens (tertiary/aromatic N) is 4. The minimum atomic E-state index is -0.270. The van der Waals surface area contributed by atoms with Crippen molar-refractivity contribution in [2.75, 3.05) is 24.5 Å². The molecule has 2 saturated heterocycles. The number of rotatable bonds is 7. The maximum Gasteiger partial charge on any atom is 0.270 e. The zero-order valence-electron chi connectivity index (χ0n) is 22.0. The van der Waals surface area contributed by atoms with E-state index in [2.05, 4.69) is 49.1 Å². The lowest BCUT2D eigenvalue weighted by Gasteiger charge is -2.36. The molecule has 6 nitrogen and oxygen atoms in total. The van der Waals surface area contributed by atoms with E-state index in [0.29, 0.717) is 39.7 Å². The molecular formula is C29H34N4O2S2. The van der Waals surface area contributed by atoms with Crippen molar-refractivity contribution in [1.82, 2.24) is 9.47 Å². The number of aromatic nitrogens is 1. The van der Waals surface area contributed by atoms with Gasteiger partial charge in [-0.2, -0.15) is 5.26 Å². The van der Waals surface area contributed by atoms with Gasteiger partial charge in [-0.15, -0.1) is 0 Å². The van der Waals surface area contributed by atoms with Crippen LogP contribution < -0.4 is 10.5 Å². The summed E-state index contributed by atoms with van der Waals surface area (Å²) in [6.45, 7) is 10.5. The summed E-state index contributed by atoms with van der Waals surface area (Å²) < 4.78 is 2.25. The molecule has 1 amide bonds. The van der Waals surface area contributed by atoms with E-state index in [9.17, 15) is 14.9 Å². The number of amides is 1. The summed E-state index contributed by atoms with van der Waals surface area (Å²) >= 11 is 6.81. The van der Waals surface area contributed by atoms with E-state index < -0.39 is 0 Å². The van der Waals surface area contributed by atoms with Crippen molar-refractivity contribution < 1.29 is 4.79 Å². The van der Waals surface area contributed by atoms with Gasteiger partial charge in [-0.3, -0.25) is 19.1 Å². The topological polar surface area (TPSA) is 69.3 Å². The summed E-state index contributed by atoms with van der Waals surface area (Å²) in [7, 11) is 0. The SMILES string of the molecule is CCn1c(N2CCC(Cc3ccccc3)CC2)c(C=C2SC(=S)N(CC(C)C)C2=O)c(C)c(C#N)c1=O. The molecule has 2 fully saturated rings. The monoisotopic (exact) mass is 534 g/mol. The van der Waals surface area contributed by atoms with E-state index in [-0.39, 0.29) is 17.0 Å². The Hall–Kier alpha value is -2.89. The van der Waals surface area contributed by atoms with Crippen LogP contribution in [0.15, 0.2) is 40.0 Å². The largest absolute Gasteiger partial charge is 0.357 e. The van der Waals surface area contributed by atoms with Gasteiger partial charge in [0.1, 0.15) is 21.8 Å². The van der Waals surface area contributed by atoms with Crippen LogP contribution in [0.25, 0.3) is 6.08 Å². The quantitative estimate of drug-likeness (QED) is 0.352. The second kappa shape index (κ2) is 11.7. The van der Waals surface area contributed by atoms with Gasteiger partial charge >= 0.3 is 0 Å². The lowest BCUT2D eigenvalue weighted by Crippen LogP contribution is -2.39. The Kier molecular flexibility index (Phi) is 8.56. The maximum absolute atomic E-state index is 13.3. The highest BCUT2D eigenvalue weighted by molar-refractivity contribution is 8.26. The lowest BCUT2D eigenvalue weighted by atomic mass is 9.90. The number of carbonyl (C=O) groups excluding carboxylic acids is 1. The summed E-state index contributed by atoms with van der Waals surface area (Å²) in [6.07, 6.45) is 4.93. The molecule has 0 bridgehead atoms. The molecule has 0 unspecified atom stereocenters. The Morgan fingerprint density at radius 1 is 1.19 bits per heavy atom. The molecule has 0 atom stereocenters. The first-order chi connectivity index (χ1) is 17.7. The number of carbonyl (C=O) groups is 1. The number of thioether (sulfide) groups is 1. The average molecular weight is 535 g/mol. The smallest absolute Gasteiger partial charge is 0.270 e. The fourth-order valence-electron chi connectivity index (χ4n) is 5.23. The van der Waals surface area contributed by atoms with Crippen LogP contribution in [0.5, 0.6) is 0 Å². The first kappa shape index (κ1) is 27.2. The molecule has 2 aliphatic heterocycles. The molecule has 8 heteroatoms. The van der Waals surface area contributed by atoms with Crippen LogP contribution in [0, 0.1) is 30.1 Å². The minimum absolute atomic E-state index is 0.108. The number of hydrogen-bond acceptors (Lipinski definition) is 6. The summed E-state index contributed by atoms with van der Waals surface area (Å²) in [4.78, 5) is 31.0. The third-order valence-corrected chi connectivity index (χ3v) is 8.52. The van der Waals surface area contributed by atoms with Crippen molar-refractivity contribution in [3.05, 3.63) is 67.8 Å². The van der Waals surface area contributed by atoms with Crippen LogP contribution in [-0.2, 0) is 17.8 Å². The molecule has 3 heterocycles. The van der Waals surface area contributed by atoms with Crippen molar-refractivity contribution in [3.8, 4) is 6.07 Å². The number of thiocarbonyl (C=S) groups is 1. The van der Waals surface area contributed by atoms with Gasteiger partial charge in [-0.05, 0) is 62.1 Å². The van der Waals surface area contributed by atoms with Crippen molar-refractivity contribution >= 4 is 46.1 Å².